The highest BCUT2D eigenvalue weighted by Gasteiger charge is 2.22. The van der Waals surface area contributed by atoms with E-state index < -0.39 is 24.3 Å². The number of carbonyl (C=O) groups excluding carboxylic acids is 3. The number of nitrogens with zero attached hydrogens (tertiary/aromatic N) is 1. The van der Waals surface area contributed by atoms with Crippen LogP contribution in [0.1, 0.15) is 232 Å². The highest BCUT2D eigenvalue weighted by Crippen LogP contribution is 2.16. The number of likely N-dealkylation sites (N-methyl/N-ethyl adjacent to an activating group) is 1. The van der Waals surface area contributed by atoms with Crippen LogP contribution >= 0.6 is 0 Å². The van der Waals surface area contributed by atoms with Crippen LogP contribution in [0, 0.1) is 0 Å². The van der Waals surface area contributed by atoms with Crippen LogP contribution in [0.5, 0.6) is 0 Å². The first-order valence-electron chi connectivity index (χ1n) is 30.0. The van der Waals surface area contributed by atoms with Gasteiger partial charge in [0.2, 0.25) is 0 Å². The van der Waals surface area contributed by atoms with Crippen LogP contribution in [0.25, 0.3) is 0 Å². The maximum atomic E-state index is 12.9. The van der Waals surface area contributed by atoms with Gasteiger partial charge in [0.25, 0.3) is 0 Å². The van der Waals surface area contributed by atoms with Crippen LogP contribution in [0.4, 0.5) is 0 Å². The lowest BCUT2D eigenvalue weighted by atomic mass is 10.0. The van der Waals surface area contributed by atoms with Crippen molar-refractivity contribution in [3.05, 3.63) is 109 Å². The Morgan fingerprint density at radius 1 is 0.400 bits per heavy atom. The monoisotopic (exact) mass is 1050 g/mol. The molecule has 0 radical (unpaired) electrons. The predicted octanol–water partition coefficient (Wildman–Crippen LogP) is 16.6. The van der Waals surface area contributed by atoms with E-state index in [4.69, 9.17) is 18.9 Å². The summed E-state index contributed by atoms with van der Waals surface area (Å²) < 4.78 is 22.7. The Morgan fingerprint density at radius 3 is 1.07 bits per heavy atom. The Morgan fingerprint density at radius 2 is 0.720 bits per heavy atom. The molecule has 0 aromatic rings. The Hall–Kier alpha value is -4.05. The normalized spacial score (nSPS) is 13.6. The Bertz CT molecular complexity index is 1590. The number of allylic oxidation sites excluding steroid dienone is 18. The van der Waals surface area contributed by atoms with E-state index in [1.54, 1.807) is 0 Å². The molecule has 0 heterocycles. The molecule has 0 fully saturated rings. The van der Waals surface area contributed by atoms with Crippen LogP contribution < -0.4 is 5.11 Å². The lowest BCUT2D eigenvalue weighted by Gasteiger charge is -2.26. The van der Waals surface area contributed by atoms with Gasteiger partial charge in [0.05, 0.1) is 40.3 Å². The Balaban J connectivity index is 4.25. The lowest BCUT2D eigenvalue weighted by molar-refractivity contribution is -0.870. The average molecular weight is 1050 g/mol. The molecule has 2 atom stereocenters. The van der Waals surface area contributed by atoms with Crippen molar-refractivity contribution in [1.82, 2.24) is 0 Å². The minimum atomic E-state index is -1.63. The van der Waals surface area contributed by atoms with Gasteiger partial charge >= 0.3 is 11.9 Å². The number of carboxylic acids is 1. The first-order chi connectivity index (χ1) is 36.6. The van der Waals surface area contributed by atoms with Crippen LogP contribution in [0.15, 0.2) is 109 Å². The zero-order valence-electron chi connectivity index (χ0n) is 48.6. The second kappa shape index (κ2) is 56.2. The molecule has 0 aliphatic carbocycles. The third kappa shape index (κ3) is 57.5. The van der Waals surface area contributed by atoms with E-state index in [1.165, 1.54) is 96.3 Å². The van der Waals surface area contributed by atoms with Gasteiger partial charge in [0.1, 0.15) is 13.2 Å². The lowest BCUT2D eigenvalue weighted by Crippen LogP contribution is -2.44. The molecule has 0 aliphatic rings. The number of esters is 2. The van der Waals surface area contributed by atoms with Crippen molar-refractivity contribution >= 4 is 17.9 Å². The molecule has 0 aliphatic heterocycles. The first-order valence-corrected chi connectivity index (χ1v) is 30.0. The molecule has 0 saturated carbocycles. The summed E-state index contributed by atoms with van der Waals surface area (Å²) in [6, 6.07) is 0. The number of ether oxygens (including phenoxy) is 4. The summed E-state index contributed by atoms with van der Waals surface area (Å²) in [6.45, 7) is 4.51. The third-order valence-corrected chi connectivity index (χ3v) is 12.5. The number of hydrogen-bond acceptors (Lipinski definition) is 8. The number of unbranched alkanes of at least 4 members (excludes halogenated alkanes) is 21. The summed E-state index contributed by atoms with van der Waals surface area (Å²) >= 11 is 0. The fraction of sp³-hybridized carbons (Fsp3) is 0.682. The van der Waals surface area contributed by atoms with Gasteiger partial charge in [-0.05, 0) is 96.3 Å². The van der Waals surface area contributed by atoms with E-state index in [0.717, 1.165) is 103 Å². The molecule has 0 aromatic carbocycles. The SMILES string of the molecule is CC/C=C\C/C=C\C/C=C\C/C=C\C/C=C\CCCCCCCCCC(=O)OC(COC(=O)CCCCCCCCCCCCCCCC/C=C\C/C=C\C/C=C\C/C=C\CC)COC(OCC[N+](C)(C)C)C(=O)[O-]. The van der Waals surface area contributed by atoms with Gasteiger partial charge in [-0.2, -0.15) is 0 Å². The van der Waals surface area contributed by atoms with Crippen LogP contribution in [0.3, 0.4) is 0 Å². The second-order valence-electron chi connectivity index (χ2n) is 20.9. The largest absolute Gasteiger partial charge is 0.545 e. The van der Waals surface area contributed by atoms with Crippen molar-refractivity contribution < 1.29 is 42.9 Å². The van der Waals surface area contributed by atoms with Gasteiger partial charge < -0.3 is 33.3 Å². The van der Waals surface area contributed by atoms with Gasteiger partial charge in [-0.3, -0.25) is 9.59 Å². The standard InChI is InChI=1S/C66H111NO8/c1-6-8-10-12-14-16-18-20-22-24-26-28-30-31-32-33-35-36-38-40-42-44-46-48-50-52-54-56-63(68)73-60-62(61-74-66(65(70)71)72-59-58-67(3,4)5)75-64(69)57-55-53-51-49-47-45-43-41-39-37-34-29-27-25-23-21-19-17-15-13-11-9-7-2/h8-11,14-17,20-23,26-29,37,39,62,66H,6-7,12-13,18-19,24-25,30-36,38,40-61H2,1-5H3/b10-8-,11-9-,16-14-,17-15-,22-20-,23-21-,28-26-,29-27-,39-37-. The molecule has 0 saturated heterocycles. The Kier molecular flexibility index (Phi) is 53.1. The minimum absolute atomic E-state index is 0.140. The molecule has 75 heavy (non-hydrogen) atoms. The molecule has 0 bridgehead atoms. The number of carboxylic acid groups (broad SMARTS) is 1. The number of quaternary nitrogens is 1. The molecule has 0 amide bonds. The molecule has 0 N–H and O–H groups in total. The smallest absolute Gasteiger partial charge is 0.306 e. The van der Waals surface area contributed by atoms with Crippen molar-refractivity contribution in [3.8, 4) is 0 Å². The zero-order chi connectivity index (χ0) is 54.8. The molecule has 428 valence electrons. The van der Waals surface area contributed by atoms with Gasteiger partial charge in [0.15, 0.2) is 12.4 Å². The number of rotatable bonds is 54. The van der Waals surface area contributed by atoms with Crippen LogP contribution in [-0.2, 0) is 33.3 Å². The van der Waals surface area contributed by atoms with Crippen molar-refractivity contribution in [2.45, 2.75) is 245 Å². The summed E-state index contributed by atoms with van der Waals surface area (Å²) in [4.78, 5) is 37.4. The molecule has 9 heteroatoms. The summed E-state index contributed by atoms with van der Waals surface area (Å²) in [6.07, 6.45) is 74.2. The Labute approximate surface area is 460 Å². The van der Waals surface area contributed by atoms with Gasteiger partial charge in [0, 0.05) is 12.8 Å². The number of carbonyl (C=O) groups is 3. The third-order valence-electron chi connectivity index (χ3n) is 12.5. The second-order valence-corrected chi connectivity index (χ2v) is 20.9. The summed E-state index contributed by atoms with van der Waals surface area (Å²) in [5, 5.41) is 11.8. The fourth-order valence-electron chi connectivity index (χ4n) is 7.97. The molecular weight excluding hydrogens is 935 g/mol. The van der Waals surface area contributed by atoms with Gasteiger partial charge in [-0.15, -0.1) is 0 Å². The molecule has 2 unspecified atom stereocenters. The van der Waals surface area contributed by atoms with E-state index in [9.17, 15) is 19.5 Å². The zero-order valence-corrected chi connectivity index (χ0v) is 48.6. The summed E-state index contributed by atoms with van der Waals surface area (Å²) in [5.74, 6) is -2.30. The highest BCUT2D eigenvalue weighted by molar-refractivity contribution is 5.70. The topological polar surface area (TPSA) is 111 Å². The number of aliphatic carboxylic acids is 1. The highest BCUT2D eigenvalue weighted by atomic mass is 16.7. The van der Waals surface area contributed by atoms with Crippen LogP contribution in [0.2, 0.25) is 0 Å². The molecule has 0 rings (SSSR count). The maximum Gasteiger partial charge on any atom is 0.306 e. The molecular formula is C66H111NO8. The molecule has 0 spiro atoms. The van der Waals surface area contributed by atoms with Crippen LogP contribution in [-0.4, -0.2) is 82.3 Å². The van der Waals surface area contributed by atoms with E-state index in [2.05, 4.69) is 123 Å². The molecule has 9 nitrogen and oxygen atoms in total. The van der Waals surface area contributed by atoms with E-state index in [0.29, 0.717) is 17.4 Å². The van der Waals surface area contributed by atoms with E-state index in [-0.39, 0.29) is 38.6 Å². The first kappa shape index (κ1) is 71.0. The minimum Gasteiger partial charge on any atom is -0.545 e. The van der Waals surface area contributed by atoms with E-state index in [1.807, 2.05) is 21.1 Å². The van der Waals surface area contributed by atoms with Gasteiger partial charge in [-0.1, -0.05) is 232 Å². The maximum absolute atomic E-state index is 12.9. The summed E-state index contributed by atoms with van der Waals surface area (Å²) in [5.41, 5.74) is 0. The fourth-order valence-corrected chi connectivity index (χ4v) is 7.97. The summed E-state index contributed by atoms with van der Waals surface area (Å²) in [7, 11) is 5.91. The van der Waals surface area contributed by atoms with Crippen molar-refractivity contribution in [3.63, 3.8) is 0 Å². The number of hydrogen-bond donors (Lipinski definition) is 0. The van der Waals surface area contributed by atoms with Crippen molar-refractivity contribution in [2.75, 3.05) is 47.5 Å². The average Bonchev–Trinajstić information content (AvgIpc) is 3.38. The van der Waals surface area contributed by atoms with Gasteiger partial charge in [-0.25, -0.2) is 0 Å². The van der Waals surface area contributed by atoms with Crippen molar-refractivity contribution in [1.29, 1.82) is 0 Å². The quantitative estimate of drug-likeness (QED) is 0.0195. The molecule has 0 aromatic heterocycles. The van der Waals surface area contributed by atoms with E-state index >= 15 is 0 Å². The predicted molar refractivity (Wildman–Crippen MR) is 315 cm³/mol. The van der Waals surface area contributed by atoms with Crippen molar-refractivity contribution in [2.24, 2.45) is 0 Å².